The minimum Gasteiger partial charge on any atom is -0.379 e. The summed E-state index contributed by atoms with van der Waals surface area (Å²) >= 11 is 6.05. The van der Waals surface area contributed by atoms with Crippen molar-refractivity contribution < 1.29 is 14.6 Å². The number of nitrogens with zero attached hydrogens (tertiary/aromatic N) is 1. The Morgan fingerprint density at radius 3 is 2.79 bits per heavy atom. The summed E-state index contributed by atoms with van der Waals surface area (Å²) in [7, 11) is 0. The lowest BCUT2D eigenvalue weighted by molar-refractivity contribution is -0.168. The second kappa shape index (κ2) is 4.45. The van der Waals surface area contributed by atoms with Crippen LogP contribution in [0.2, 0.25) is 5.02 Å². The van der Waals surface area contributed by atoms with Crippen LogP contribution in [0, 0.1) is 6.92 Å². The standard InChI is InChI=1S/C13H15ClN2O3/c1-8-6-9(14)7-10-11(8)15-12(17)13(10,18)16-2-4-19-5-3-16/h6-7,18H,2-5H2,1H3,(H,15,17)/t13-/m1/s1. The van der Waals surface area contributed by atoms with Gasteiger partial charge in [-0.25, -0.2) is 0 Å². The van der Waals surface area contributed by atoms with E-state index in [1.165, 1.54) is 0 Å². The van der Waals surface area contributed by atoms with Crippen LogP contribution in [0.25, 0.3) is 0 Å². The highest BCUT2D eigenvalue weighted by Gasteiger charge is 2.50. The lowest BCUT2D eigenvalue weighted by Gasteiger charge is -2.37. The van der Waals surface area contributed by atoms with E-state index in [4.69, 9.17) is 16.3 Å². The Morgan fingerprint density at radius 2 is 2.11 bits per heavy atom. The van der Waals surface area contributed by atoms with Crippen LogP contribution in [0.1, 0.15) is 11.1 Å². The highest BCUT2D eigenvalue weighted by Crippen LogP contribution is 2.42. The van der Waals surface area contributed by atoms with E-state index >= 15 is 0 Å². The number of benzene rings is 1. The van der Waals surface area contributed by atoms with Gasteiger partial charge in [0.2, 0.25) is 5.72 Å². The normalized spacial score (nSPS) is 27.2. The summed E-state index contributed by atoms with van der Waals surface area (Å²) in [5.74, 6) is -0.422. The molecule has 1 amide bonds. The van der Waals surface area contributed by atoms with Crippen molar-refractivity contribution in [3.8, 4) is 0 Å². The third-order valence-electron chi connectivity index (χ3n) is 3.70. The van der Waals surface area contributed by atoms with Crippen LogP contribution in [0.5, 0.6) is 0 Å². The van der Waals surface area contributed by atoms with Gasteiger partial charge in [-0.15, -0.1) is 0 Å². The molecule has 3 rings (SSSR count). The van der Waals surface area contributed by atoms with E-state index in [1.807, 2.05) is 6.92 Å². The van der Waals surface area contributed by atoms with Crippen LogP contribution in [-0.2, 0) is 15.3 Å². The number of hydrogen-bond donors (Lipinski definition) is 2. The van der Waals surface area contributed by atoms with E-state index in [1.54, 1.807) is 17.0 Å². The molecule has 0 saturated carbocycles. The molecule has 0 spiro atoms. The molecule has 6 heteroatoms. The maximum absolute atomic E-state index is 12.2. The number of aryl methyl sites for hydroxylation is 1. The van der Waals surface area contributed by atoms with Crippen LogP contribution in [0.15, 0.2) is 12.1 Å². The molecule has 1 aromatic rings. The van der Waals surface area contributed by atoms with Crippen molar-refractivity contribution in [3.63, 3.8) is 0 Å². The maximum Gasteiger partial charge on any atom is 0.276 e. The van der Waals surface area contributed by atoms with Crippen LogP contribution < -0.4 is 5.32 Å². The Hall–Kier alpha value is -1.14. The molecular weight excluding hydrogens is 268 g/mol. The number of fused-ring (bicyclic) bond motifs is 1. The maximum atomic E-state index is 12.2. The smallest absolute Gasteiger partial charge is 0.276 e. The first-order chi connectivity index (χ1) is 9.03. The van der Waals surface area contributed by atoms with Gasteiger partial charge in [0.15, 0.2) is 0 Å². The predicted molar refractivity (Wildman–Crippen MR) is 71.1 cm³/mol. The number of amides is 1. The molecule has 0 radical (unpaired) electrons. The van der Waals surface area contributed by atoms with E-state index in [0.717, 1.165) is 5.56 Å². The molecule has 2 N–H and O–H groups in total. The molecule has 19 heavy (non-hydrogen) atoms. The molecule has 102 valence electrons. The van der Waals surface area contributed by atoms with Crippen molar-refractivity contribution in [1.29, 1.82) is 0 Å². The zero-order valence-corrected chi connectivity index (χ0v) is 11.3. The van der Waals surface area contributed by atoms with E-state index in [0.29, 0.717) is 42.6 Å². The molecule has 2 aliphatic heterocycles. The quantitative estimate of drug-likeness (QED) is 0.809. The number of halogens is 1. The molecule has 1 aromatic carbocycles. The van der Waals surface area contributed by atoms with Gasteiger partial charge >= 0.3 is 0 Å². The number of anilines is 1. The average Bonchev–Trinajstić information content (AvgIpc) is 2.66. The monoisotopic (exact) mass is 282 g/mol. The van der Waals surface area contributed by atoms with Crippen LogP contribution in [-0.4, -0.2) is 42.2 Å². The Morgan fingerprint density at radius 1 is 1.42 bits per heavy atom. The Balaban J connectivity index is 2.10. The molecule has 5 nitrogen and oxygen atoms in total. The fourth-order valence-corrected chi connectivity index (χ4v) is 2.98. The van der Waals surface area contributed by atoms with E-state index in [9.17, 15) is 9.90 Å². The van der Waals surface area contributed by atoms with Crippen LogP contribution in [0.4, 0.5) is 5.69 Å². The lowest BCUT2D eigenvalue weighted by atomic mass is 9.99. The number of morpholine rings is 1. The highest BCUT2D eigenvalue weighted by atomic mass is 35.5. The van der Waals surface area contributed by atoms with Gasteiger partial charge in [0.25, 0.3) is 5.91 Å². The number of carbonyl (C=O) groups is 1. The number of ether oxygens (including phenoxy) is 1. The van der Waals surface area contributed by atoms with Gasteiger partial charge in [-0.1, -0.05) is 11.6 Å². The van der Waals surface area contributed by atoms with Gasteiger partial charge in [0.05, 0.1) is 18.9 Å². The molecule has 0 bridgehead atoms. The van der Waals surface area contributed by atoms with E-state index in [-0.39, 0.29) is 0 Å². The van der Waals surface area contributed by atoms with E-state index < -0.39 is 11.6 Å². The summed E-state index contributed by atoms with van der Waals surface area (Å²) in [4.78, 5) is 14.0. The third-order valence-corrected chi connectivity index (χ3v) is 3.92. The summed E-state index contributed by atoms with van der Waals surface area (Å²) < 4.78 is 5.26. The van der Waals surface area contributed by atoms with Crippen molar-refractivity contribution in [2.45, 2.75) is 12.6 Å². The zero-order valence-electron chi connectivity index (χ0n) is 10.6. The predicted octanol–water partition coefficient (Wildman–Crippen LogP) is 1.08. The molecule has 1 fully saturated rings. The van der Waals surface area contributed by atoms with E-state index in [2.05, 4.69) is 5.32 Å². The van der Waals surface area contributed by atoms with Gasteiger partial charge in [0, 0.05) is 23.7 Å². The highest BCUT2D eigenvalue weighted by molar-refractivity contribution is 6.31. The number of aliphatic hydroxyl groups is 1. The molecule has 2 heterocycles. The number of rotatable bonds is 1. The van der Waals surface area contributed by atoms with Crippen molar-refractivity contribution in [1.82, 2.24) is 4.90 Å². The Labute approximate surface area is 116 Å². The average molecular weight is 283 g/mol. The largest absolute Gasteiger partial charge is 0.379 e. The summed E-state index contributed by atoms with van der Waals surface area (Å²) in [6.45, 7) is 3.88. The second-order valence-electron chi connectivity index (χ2n) is 4.87. The summed E-state index contributed by atoms with van der Waals surface area (Å²) in [5.41, 5.74) is 0.391. The number of hydrogen-bond acceptors (Lipinski definition) is 4. The molecular formula is C13H15ClN2O3. The third kappa shape index (κ3) is 1.85. The minimum atomic E-state index is -1.64. The molecule has 0 aromatic heterocycles. The van der Waals surface area contributed by atoms with Gasteiger partial charge in [-0.3, -0.25) is 9.69 Å². The first-order valence-corrected chi connectivity index (χ1v) is 6.58. The first kappa shape index (κ1) is 12.9. The van der Waals surface area contributed by atoms with Crippen molar-refractivity contribution in [2.75, 3.05) is 31.6 Å². The van der Waals surface area contributed by atoms with Crippen molar-refractivity contribution in [3.05, 3.63) is 28.3 Å². The first-order valence-electron chi connectivity index (χ1n) is 6.20. The fraction of sp³-hybridized carbons (Fsp3) is 0.462. The second-order valence-corrected chi connectivity index (χ2v) is 5.31. The van der Waals surface area contributed by atoms with Gasteiger partial charge in [0.1, 0.15) is 0 Å². The molecule has 1 atom stereocenters. The molecule has 1 saturated heterocycles. The molecule has 0 unspecified atom stereocenters. The number of carbonyl (C=O) groups excluding carboxylic acids is 1. The van der Waals surface area contributed by atoms with Gasteiger partial charge in [-0.05, 0) is 24.6 Å². The SMILES string of the molecule is Cc1cc(Cl)cc2c1NC(=O)[C@@]2(O)N1CCOCC1. The summed E-state index contributed by atoms with van der Waals surface area (Å²) in [5, 5.41) is 14.1. The Bertz CT molecular complexity index is 543. The lowest BCUT2D eigenvalue weighted by Crippen LogP contribution is -2.55. The van der Waals surface area contributed by atoms with Crippen LogP contribution in [0.3, 0.4) is 0 Å². The van der Waals surface area contributed by atoms with Crippen molar-refractivity contribution in [2.24, 2.45) is 0 Å². The molecule has 2 aliphatic rings. The van der Waals surface area contributed by atoms with Gasteiger partial charge < -0.3 is 15.2 Å². The summed E-state index contributed by atoms with van der Waals surface area (Å²) in [6.07, 6.45) is 0. The zero-order chi connectivity index (χ0) is 13.6. The summed E-state index contributed by atoms with van der Waals surface area (Å²) in [6, 6.07) is 3.42. The minimum absolute atomic E-state index is 0.422. The topological polar surface area (TPSA) is 61.8 Å². The van der Waals surface area contributed by atoms with Crippen molar-refractivity contribution >= 4 is 23.2 Å². The molecule has 0 aliphatic carbocycles. The van der Waals surface area contributed by atoms with Gasteiger partial charge in [-0.2, -0.15) is 0 Å². The number of nitrogens with one attached hydrogen (secondary N) is 1. The Kier molecular flexibility index (Phi) is 3.02. The van der Waals surface area contributed by atoms with Crippen LogP contribution >= 0.6 is 11.6 Å². The fourth-order valence-electron chi connectivity index (χ4n) is 2.71.